The van der Waals surface area contributed by atoms with Crippen LogP contribution in [-0.4, -0.2) is 5.91 Å². The van der Waals surface area contributed by atoms with Crippen LogP contribution in [0.1, 0.15) is 21.7 Å². The minimum Gasteiger partial charge on any atom is -0.459 e. The van der Waals surface area contributed by atoms with Gasteiger partial charge in [0.05, 0.1) is 6.26 Å². The molecule has 0 aliphatic rings. The fraction of sp³-hybridized carbons (Fsp3) is 0.154. The molecule has 2 aromatic rings. The van der Waals surface area contributed by atoms with Gasteiger partial charge in [0, 0.05) is 16.6 Å². The molecule has 0 atom stereocenters. The molecule has 3 nitrogen and oxygen atoms in total. The lowest BCUT2D eigenvalue weighted by atomic mass is 10.2. The average molecular weight is 294 g/mol. The maximum Gasteiger partial charge on any atom is 0.291 e. The van der Waals surface area contributed by atoms with Crippen LogP contribution in [0.15, 0.2) is 41.0 Å². The molecule has 17 heavy (non-hydrogen) atoms. The number of nitrogens with one attached hydrogen (secondary N) is 1. The van der Waals surface area contributed by atoms with Crippen LogP contribution >= 0.6 is 15.9 Å². The van der Waals surface area contributed by atoms with Crippen molar-refractivity contribution in [3.63, 3.8) is 0 Å². The highest BCUT2D eigenvalue weighted by Gasteiger charge is 2.12. The van der Waals surface area contributed by atoms with E-state index in [2.05, 4.69) is 21.2 Å². The molecule has 0 radical (unpaired) electrons. The van der Waals surface area contributed by atoms with Crippen LogP contribution in [0.5, 0.6) is 0 Å². The summed E-state index contributed by atoms with van der Waals surface area (Å²) in [5.41, 5.74) is 2.71. The predicted octanol–water partition coefficient (Wildman–Crippen LogP) is 3.74. The number of halogens is 1. The van der Waals surface area contributed by atoms with Crippen molar-refractivity contribution in [2.24, 2.45) is 0 Å². The SMILES string of the molecule is Cc1ccoc1C(=O)Nc1cccc(CBr)c1. The molecule has 1 N–H and O–H groups in total. The number of furan rings is 1. The van der Waals surface area contributed by atoms with Crippen LogP contribution in [0, 0.1) is 6.92 Å². The Balaban J connectivity index is 2.16. The van der Waals surface area contributed by atoms with E-state index in [9.17, 15) is 4.79 Å². The van der Waals surface area contributed by atoms with Gasteiger partial charge in [-0.25, -0.2) is 0 Å². The van der Waals surface area contributed by atoms with Gasteiger partial charge in [-0.3, -0.25) is 4.79 Å². The van der Waals surface area contributed by atoms with Gasteiger partial charge in [-0.15, -0.1) is 0 Å². The Morgan fingerprint density at radius 3 is 2.88 bits per heavy atom. The predicted molar refractivity (Wildman–Crippen MR) is 70.5 cm³/mol. The number of hydrogen-bond donors (Lipinski definition) is 1. The van der Waals surface area contributed by atoms with E-state index in [1.807, 2.05) is 31.2 Å². The minimum atomic E-state index is -0.223. The number of hydrogen-bond acceptors (Lipinski definition) is 2. The maximum absolute atomic E-state index is 11.9. The summed E-state index contributed by atoms with van der Waals surface area (Å²) >= 11 is 3.38. The minimum absolute atomic E-state index is 0.223. The Labute approximate surface area is 108 Å². The molecule has 0 bridgehead atoms. The molecule has 0 fully saturated rings. The molecule has 4 heteroatoms. The van der Waals surface area contributed by atoms with Crippen LogP contribution < -0.4 is 5.32 Å². The highest BCUT2D eigenvalue weighted by atomic mass is 79.9. The lowest BCUT2D eigenvalue weighted by Gasteiger charge is -2.05. The summed E-state index contributed by atoms with van der Waals surface area (Å²) in [6.45, 7) is 1.84. The first kappa shape index (κ1) is 11.9. The normalized spacial score (nSPS) is 10.2. The lowest BCUT2D eigenvalue weighted by Crippen LogP contribution is -2.12. The Bertz CT molecular complexity index is 534. The smallest absolute Gasteiger partial charge is 0.291 e. The largest absolute Gasteiger partial charge is 0.459 e. The van der Waals surface area contributed by atoms with E-state index in [1.54, 1.807) is 6.07 Å². The summed E-state index contributed by atoms with van der Waals surface area (Å²) in [4.78, 5) is 11.9. The van der Waals surface area contributed by atoms with Crippen LogP contribution in [0.3, 0.4) is 0 Å². The van der Waals surface area contributed by atoms with E-state index < -0.39 is 0 Å². The van der Waals surface area contributed by atoms with Crippen molar-refractivity contribution in [1.29, 1.82) is 0 Å². The molecule has 88 valence electrons. The highest BCUT2D eigenvalue weighted by Crippen LogP contribution is 2.16. The van der Waals surface area contributed by atoms with E-state index in [0.717, 1.165) is 22.1 Å². The number of carbonyl (C=O) groups excluding carboxylic acids is 1. The number of amides is 1. The van der Waals surface area contributed by atoms with E-state index in [4.69, 9.17) is 4.42 Å². The molecule has 1 aromatic carbocycles. The van der Waals surface area contributed by atoms with Gasteiger partial charge in [-0.2, -0.15) is 0 Å². The average Bonchev–Trinajstić information content (AvgIpc) is 2.76. The van der Waals surface area contributed by atoms with E-state index in [-0.39, 0.29) is 5.91 Å². The molecular formula is C13H12BrNO2. The standard InChI is InChI=1S/C13H12BrNO2/c1-9-5-6-17-12(9)13(16)15-11-4-2-3-10(7-11)8-14/h2-7H,8H2,1H3,(H,15,16). The first-order valence-electron chi connectivity index (χ1n) is 5.21. The van der Waals surface area contributed by atoms with Crippen LogP contribution in [0.25, 0.3) is 0 Å². The maximum atomic E-state index is 11.9. The van der Waals surface area contributed by atoms with Crippen molar-refractivity contribution in [2.75, 3.05) is 5.32 Å². The molecule has 0 aliphatic carbocycles. The topological polar surface area (TPSA) is 42.2 Å². The number of carbonyl (C=O) groups is 1. The number of rotatable bonds is 3. The van der Waals surface area contributed by atoms with Crippen molar-refractivity contribution in [3.8, 4) is 0 Å². The molecule has 0 saturated carbocycles. The summed E-state index contributed by atoms with van der Waals surface area (Å²) in [5, 5.41) is 3.57. The first-order valence-corrected chi connectivity index (χ1v) is 6.33. The molecule has 1 aromatic heterocycles. The van der Waals surface area contributed by atoms with Crippen LogP contribution in [0.2, 0.25) is 0 Å². The summed E-state index contributed by atoms with van der Waals surface area (Å²) in [5.74, 6) is 0.133. The highest BCUT2D eigenvalue weighted by molar-refractivity contribution is 9.08. The molecule has 0 aliphatic heterocycles. The monoisotopic (exact) mass is 293 g/mol. The second-order valence-electron chi connectivity index (χ2n) is 3.72. The Kier molecular flexibility index (Phi) is 3.64. The van der Waals surface area contributed by atoms with Crippen molar-refractivity contribution >= 4 is 27.5 Å². The van der Waals surface area contributed by atoms with Gasteiger partial charge in [0.15, 0.2) is 5.76 Å². The summed E-state index contributed by atoms with van der Waals surface area (Å²) < 4.78 is 5.13. The zero-order chi connectivity index (χ0) is 12.3. The molecule has 0 unspecified atom stereocenters. The molecule has 1 amide bonds. The van der Waals surface area contributed by atoms with E-state index in [0.29, 0.717) is 5.76 Å². The number of aryl methyl sites for hydroxylation is 1. The second kappa shape index (κ2) is 5.19. The number of benzene rings is 1. The van der Waals surface area contributed by atoms with Gasteiger partial charge in [0.2, 0.25) is 0 Å². The third kappa shape index (κ3) is 2.77. The molecule has 2 rings (SSSR count). The third-order valence-corrected chi connectivity index (χ3v) is 3.05. The Hall–Kier alpha value is -1.55. The molecule has 1 heterocycles. The van der Waals surface area contributed by atoms with Crippen molar-refractivity contribution in [2.45, 2.75) is 12.3 Å². The third-order valence-electron chi connectivity index (χ3n) is 2.41. The Morgan fingerprint density at radius 1 is 1.41 bits per heavy atom. The van der Waals surface area contributed by atoms with Gasteiger partial charge in [-0.05, 0) is 30.7 Å². The fourth-order valence-electron chi connectivity index (χ4n) is 1.53. The Morgan fingerprint density at radius 2 is 2.24 bits per heavy atom. The van der Waals surface area contributed by atoms with Crippen molar-refractivity contribution in [3.05, 3.63) is 53.5 Å². The van der Waals surface area contributed by atoms with Crippen molar-refractivity contribution < 1.29 is 9.21 Å². The quantitative estimate of drug-likeness (QED) is 0.876. The summed E-state index contributed by atoms with van der Waals surface area (Å²) in [6, 6.07) is 9.43. The van der Waals surface area contributed by atoms with Crippen LogP contribution in [-0.2, 0) is 5.33 Å². The van der Waals surface area contributed by atoms with Gasteiger partial charge < -0.3 is 9.73 Å². The lowest BCUT2D eigenvalue weighted by molar-refractivity contribution is 0.0996. The molecular weight excluding hydrogens is 282 g/mol. The molecule has 0 spiro atoms. The number of anilines is 1. The van der Waals surface area contributed by atoms with Gasteiger partial charge in [0.25, 0.3) is 5.91 Å². The van der Waals surface area contributed by atoms with E-state index in [1.165, 1.54) is 6.26 Å². The van der Waals surface area contributed by atoms with Crippen molar-refractivity contribution in [1.82, 2.24) is 0 Å². The summed E-state index contributed by atoms with van der Waals surface area (Å²) in [7, 11) is 0. The fourth-order valence-corrected chi connectivity index (χ4v) is 1.87. The van der Waals surface area contributed by atoms with Gasteiger partial charge >= 0.3 is 0 Å². The first-order chi connectivity index (χ1) is 8.20. The number of alkyl halides is 1. The summed E-state index contributed by atoms with van der Waals surface area (Å²) in [6.07, 6.45) is 1.51. The van der Waals surface area contributed by atoms with Gasteiger partial charge in [-0.1, -0.05) is 28.1 Å². The van der Waals surface area contributed by atoms with Gasteiger partial charge in [0.1, 0.15) is 0 Å². The van der Waals surface area contributed by atoms with E-state index >= 15 is 0 Å². The molecule has 0 saturated heterocycles. The van der Waals surface area contributed by atoms with Crippen LogP contribution in [0.4, 0.5) is 5.69 Å². The zero-order valence-corrected chi connectivity index (χ0v) is 11.0. The zero-order valence-electron chi connectivity index (χ0n) is 9.37. The second-order valence-corrected chi connectivity index (χ2v) is 4.28.